The van der Waals surface area contributed by atoms with Crippen LogP contribution in [0.2, 0.25) is 5.02 Å². The molecule has 5 nitrogen and oxygen atoms in total. The fourth-order valence-corrected chi connectivity index (χ4v) is 3.30. The molecule has 0 spiro atoms. The number of piperidine rings is 1. The molecule has 0 bridgehead atoms. The van der Waals surface area contributed by atoms with Crippen molar-refractivity contribution in [3.05, 3.63) is 47.2 Å². The van der Waals surface area contributed by atoms with E-state index in [2.05, 4.69) is 20.2 Å². The maximum Gasteiger partial charge on any atom is 0.134 e. The molecular weight excluding hydrogens is 324 g/mol. The molecule has 0 radical (unpaired) electrons. The molecule has 1 saturated heterocycles. The molecule has 1 unspecified atom stereocenters. The molecule has 1 aromatic carbocycles. The van der Waals surface area contributed by atoms with E-state index in [4.69, 9.17) is 11.6 Å². The van der Waals surface area contributed by atoms with Crippen molar-refractivity contribution in [2.45, 2.75) is 19.3 Å². The van der Waals surface area contributed by atoms with Crippen LogP contribution in [0.25, 0.3) is 0 Å². The Labute approximate surface area is 147 Å². The first-order valence-electron chi connectivity index (χ1n) is 8.41. The summed E-state index contributed by atoms with van der Waals surface area (Å²) in [6, 6.07) is 9.87. The van der Waals surface area contributed by atoms with Crippen LogP contribution in [-0.2, 0) is 6.42 Å². The molecule has 6 heteroatoms. The van der Waals surface area contributed by atoms with Gasteiger partial charge in [-0.15, -0.1) is 0 Å². The van der Waals surface area contributed by atoms with Crippen LogP contribution in [0.1, 0.15) is 18.4 Å². The zero-order valence-electron chi connectivity index (χ0n) is 13.7. The number of aliphatic hydroxyl groups is 1. The number of anilines is 2. The van der Waals surface area contributed by atoms with Gasteiger partial charge >= 0.3 is 0 Å². The Kier molecular flexibility index (Phi) is 5.88. The minimum atomic E-state index is 0.241. The molecule has 2 aromatic rings. The summed E-state index contributed by atoms with van der Waals surface area (Å²) in [5, 5.41) is 13.5. The van der Waals surface area contributed by atoms with Crippen molar-refractivity contribution >= 4 is 23.2 Å². The lowest BCUT2D eigenvalue weighted by Gasteiger charge is -2.32. The van der Waals surface area contributed by atoms with Crippen molar-refractivity contribution in [2.75, 3.05) is 36.5 Å². The Morgan fingerprint density at radius 3 is 3.00 bits per heavy atom. The smallest absolute Gasteiger partial charge is 0.134 e. The lowest BCUT2D eigenvalue weighted by Crippen LogP contribution is -2.37. The average molecular weight is 347 g/mol. The van der Waals surface area contributed by atoms with Gasteiger partial charge in [-0.25, -0.2) is 9.97 Å². The van der Waals surface area contributed by atoms with Gasteiger partial charge in [0.15, 0.2) is 0 Å². The normalized spacial score (nSPS) is 17.8. The van der Waals surface area contributed by atoms with Crippen molar-refractivity contribution in [1.29, 1.82) is 0 Å². The zero-order valence-corrected chi connectivity index (χ0v) is 14.4. The van der Waals surface area contributed by atoms with Crippen LogP contribution < -0.4 is 10.2 Å². The van der Waals surface area contributed by atoms with Crippen molar-refractivity contribution < 1.29 is 5.11 Å². The third-order valence-corrected chi connectivity index (χ3v) is 4.78. The second-order valence-corrected chi connectivity index (χ2v) is 6.57. The third kappa shape index (κ3) is 4.36. The minimum Gasteiger partial charge on any atom is -0.396 e. The van der Waals surface area contributed by atoms with Crippen LogP contribution in [0.3, 0.4) is 0 Å². The summed E-state index contributed by atoms with van der Waals surface area (Å²) in [6.45, 7) is 2.84. The second-order valence-electron chi connectivity index (χ2n) is 6.17. The number of benzene rings is 1. The topological polar surface area (TPSA) is 61.3 Å². The molecule has 128 valence electrons. The van der Waals surface area contributed by atoms with Crippen molar-refractivity contribution in [3.63, 3.8) is 0 Å². The molecular formula is C18H23ClN4O. The Bertz CT molecular complexity index is 667. The summed E-state index contributed by atoms with van der Waals surface area (Å²) in [5.41, 5.74) is 1.13. The van der Waals surface area contributed by atoms with E-state index in [1.165, 1.54) is 0 Å². The van der Waals surface area contributed by atoms with E-state index in [0.717, 1.165) is 61.1 Å². The molecule has 1 aliphatic rings. The number of aliphatic hydroxyl groups excluding tert-OH is 1. The molecule has 0 aliphatic carbocycles. The predicted octanol–water partition coefficient (Wildman–Crippen LogP) is 2.99. The first-order valence-corrected chi connectivity index (χ1v) is 8.79. The number of nitrogens with one attached hydrogen (secondary N) is 1. The van der Waals surface area contributed by atoms with Gasteiger partial charge in [0.1, 0.15) is 18.0 Å². The molecule has 0 saturated carbocycles. The van der Waals surface area contributed by atoms with Crippen LogP contribution in [0.5, 0.6) is 0 Å². The minimum absolute atomic E-state index is 0.241. The Balaban J connectivity index is 1.58. The Morgan fingerprint density at radius 2 is 2.17 bits per heavy atom. The fourth-order valence-electron chi connectivity index (χ4n) is 3.07. The van der Waals surface area contributed by atoms with Crippen LogP contribution in [0.4, 0.5) is 11.6 Å². The van der Waals surface area contributed by atoms with Crippen molar-refractivity contribution in [1.82, 2.24) is 9.97 Å². The molecule has 1 aliphatic heterocycles. The average Bonchev–Trinajstić information content (AvgIpc) is 2.64. The summed E-state index contributed by atoms with van der Waals surface area (Å²) < 4.78 is 0. The second kappa shape index (κ2) is 8.31. The predicted molar refractivity (Wildman–Crippen MR) is 97.7 cm³/mol. The first-order chi connectivity index (χ1) is 11.8. The zero-order chi connectivity index (χ0) is 16.8. The Hall–Kier alpha value is -1.85. The first kappa shape index (κ1) is 17.0. The van der Waals surface area contributed by atoms with E-state index in [9.17, 15) is 5.11 Å². The lowest BCUT2D eigenvalue weighted by atomic mass is 9.99. The molecule has 2 N–H and O–H groups in total. The number of rotatable bonds is 6. The molecule has 24 heavy (non-hydrogen) atoms. The molecule has 1 aromatic heterocycles. The van der Waals surface area contributed by atoms with Gasteiger partial charge in [-0.3, -0.25) is 0 Å². The lowest BCUT2D eigenvalue weighted by molar-refractivity contribution is 0.208. The maximum atomic E-state index is 9.37. The maximum absolute atomic E-state index is 9.37. The van der Waals surface area contributed by atoms with Gasteiger partial charge in [-0.2, -0.15) is 0 Å². The summed E-state index contributed by atoms with van der Waals surface area (Å²) >= 11 is 6.18. The quantitative estimate of drug-likeness (QED) is 0.842. The summed E-state index contributed by atoms with van der Waals surface area (Å²) in [5.74, 6) is 2.08. The number of aromatic nitrogens is 2. The van der Waals surface area contributed by atoms with Gasteiger partial charge in [0.2, 0.25) is 0 Å². The molecule has 1 fully saturated rings. The van der Waals surface area contributed by atoms with E-state index >= 15 is 0 Å². The summed E-state index contributed by atoms with van der Waals surface area (Å²) in [4.78, 5) is 10.9. The number of hydrogen-bond acceptors (Lipinski definition) is 5. The van der Waals surface area contributed by atoms with E-state index in [-0.39, 0.29) is 6.61 Å². The van der Waals surface area contributed by atoms with Gasteiger partial charge in [-0.05, 0) is 36.8 Å². The van der Waals surface area contributed by atoms with Gasteiger partial charge in [0.05, 0.1) is 0 Å². The largest absolute Gasteiger partial charge is 0.396 e. The van der Waals surface area contributed by atoms with Crippen molar-refractivity contribution in [3.8, 4) is 0 Å². The van der Waals surface area contributed by atoms with Crippen molar-refractivity contribution in [2.24, 2.45) is 5.92 Å². The van der Waals surface area contributed by atoms with Crippen LogP contribution >= 0.6 is 11.6 Å². The summed E-state index contributed by atoms with van der Waals surface area (Å²) in [6.07, 6.45) is 4.61. The molecule has 2 heterocycles. The third-order valence-electron chi connectivity index (χ3n) is 4.41. The van der Waals surface area contributed by atoms with E-state index < -0.39 is 0 Å². The number of halogens is 1. The highest BCUT2D eigenvalue weighted by atomic mass is 35.5. The van der Waals surface area contributed by atoms with E-state index in [1.54, 1.807) is 6.33 Å². The van der Waals surface area contributed by atoms with Gasteiger partial charge < -0.3 is 15.3 Å². The highest BCUT2D eigenvalue weighted by Crippen LogP contribution is 2.22. The van der Waals surface area contributed by atoms with Crippen LogP contribution in [0.15, 0.2) is 36.7 Å². The van der Waals surface area contributed by atoms with Crippen LogP contribution in [-0.4, -0.2) is 41.3 Å². The van der Waals surface area contributed by atoms with Gasteiger partial charge in [0, 0.05) is 37.3 Å². The highest BCUT2D eigenvalue weighted by molar-refractivity contribution is 6.31. The molecule has 0 amide bonds. The highest BCUT2D eigenvalue weighted by Gasteiger charge is 2.20. The number of hydrogen-bond donors (Lipinski definition) is 2. The molecule has 1 atom stereocenters. The Morgan fingerprint density at radius 1 is 1.29 bits per heavy atom. The molecule has 3 rings (SSSR count). The van der Waals surface area contributed by atoms with Crippen LogP contribution in [0, 0.1) is 5.92 Å². The number of nitrogens with zero attached hydrogens (tertiary/aromatic N) is 3. The SMILES string of the molecule is OCC1CCCN(c2cc(NCCc3ccccc3Cl)ncn2)C1. The summed E-state index contributed by atoms with van der Waals surface area (Å²) in [7, 11) is 0. The van der Waals surface area contributed by atoms with Gasteiger partial charge in [-0.1, -0.05) is 29.8 Å². The monoisotopic (exact) mass is 346 g/mol. The standard InChI is InChI=1S/C18H23ClN4O/c19-16-6-2-1-5-15(16)7-8-20-17-10-18(22-13-21-17)23-9-3-4-14(11-23)12-24/h1-2,5-6,10,13-14,24H,3-4,7-9,11-12H2,(H,20,21,22). The van der Waals surface area contributed by atoms with Gasteiger partial charge in [0.25, 0.3) is 0 Å². The fraction of sp³-hybridized carbons (Fsp3) is 0.444. The van der Waals surface area contributed by atoms with E-state index in [0.29, 0.717) is 5.92 Å². The van der Waals surface area contributed by atoms with E-state index in [1.807, 2.05) is 30.3 Å².